The Balaban J connectivity index is 2.02. The lowest BCUT2D eigenvalue weighted by molar-refractivity contribution is 0.406. The predicted molar refractivity (Wildman–Crippen MR) is 79.2 cm³/mol. The van der Waals surface area contributed by atoms with Crippen molar-refractivity contribution in [1.29, 1.82) is 0 Å². The van der Waals surface area contributed by atoms with Gasteiger partial charge in [-0.25, -0.2) is 4.39 Å². The Bertz CT molecular complexity index is 641. The molecule has 2 aromatic carbocycles. The van der Waals surface area contributed by atoms with Gasteiger partial charge in [-0.1, -0.05) is 17.7 Å². The Morgan fingerprint density at radius 1 is 1.30 bits per heavy atom. The van der Waals surface area contributed by atoms with Gasteiger partial charge in [-0.3, -0.25) is 0 Å². The number of aryl methyl sites for hydroxylation is 1. The van der Waals surface area contributed by atoms with E-state index in [0.717, 1.165) is 33.8 Å². The zero-order valence-electron chi connectivity index (χ0n) is 11.3. The predicted octanol–water partition coefficient (Wildman–Crippen LogP) is 4.51. The monoisotopic (exact) mass is 291 g/mol. The molecule has 0 spiro atoms. The lowest BCUT2D eigenvalue weighted by Gasteiger charge is -2.16. The van der Waals surface area contributed by atoms with Crippen LogP contribution in [0, 0.1) is 12.7 Å². The molecule has 0 bridgehead atoms. The van der Waals surface area contributed by atoms with E-state index in [1.807, 2.05) is 19.1 Å². The summed E-state index contributed by atoms with van der Waals surface area (Å²) in [6.45, 7) is 2.04. The van der Waals surface area contributed by atoms with E-state index in [-0.39, 0.29) is 11.9 Å². The second kappa shape index (κ2) is 4.98. The number of rotatable bonds is 2. The topological polar surface area (TPSA) is 21.3 Å². The number of halogens is 2. The van der Waals surface area contributed by atoms with Crippen LogP contribution in [-0.4, -0.2) is 7.11 Å². The second-order valence-corrected chi connectivity index (χ2v) is 5.41. The van der Waals surface area contributed by atoms with E-state index < -0.39 is 0 Å². The van der Waals surface area contributed by atoms with Crippen molar-refractivity contribution >= 4 is 17.3 Å². The van der Waals surface area contributed by atoms with Crippen LogP contribution in [0.2, 0.25) is 5.02 Å². The quantitative estimate of drug-likeness (QED) is 0.879. The normalized spacial score (nSPS) is 16.7. The Labute approximate surface area is 122 Å². The Morgan fingerprint density at radius 3 is 2.80 bits per heavy atom. The molecule has 1 N–H and O–H groups in total. The molecule has 1 heterocycles. The summed E-state index contributed by atoms with van der Waals surface area (Å²) in [5.41, 5.74) is 4.10. The highest BCUT2D eigenvalue weighted by Crippen LogP contribution is 2.42. The number of benzene rings is 2. The van der Waals surface area contributed by atoms with Gasteiger partial charge in [0.1, 0.15) is 11.6 Å². The van der Waals surface area contributed by atoms with Crippen molar-refractivity contribution in [3.8, 4) is 5.75 Å². The molecule has 0 saturated carbocycles. The summed E-state index contributed by atoms with van der Waals surface area (Å²) in [5, 5.41) is 4.18. The van der Waals surface area contributed by atoms with E-state index in [2.05, 4.69) is 5.32 Å². The third kappa shape index (κ3) is 2.12. The molecule has 4 heteroatoms. The van der Waals surface area contributed by atoms with Crippen molar-refractivity contribution in [1.82, 2.24) is 0 Å². The van der Waals surface area contributed by atoms with Gasteiger partial charge in [-0.2, -0.15) is 0 Å². The fraction of sp³-hybridized carbons (Fsp3) is 0.250. The molecule has 0 aliphatic carbocycles. The van der Waals surface area contributed by atoms with Gasteiger partial charge in [0.05, 0.1) is 13.2 Å². The standard InChI is InChI=1S/C16H15ClFNO/c1-9-3-5-13(17)11-8-14(19-16(9)11)12-7-10(18)4-6-15(12)20-2/h3-7,14,19H,8H2,1-2H3. The van der Waals surface area contributed by atoms with Crippen molar-refractivity contribution < 1.29 is 9.13 Å². The fourth-order valence-electron chi connectivity index (χ4n) is 2.73. The van der Waals surface area contributed by atoms with Gasteiger partial charge in [0, 0.05) is 22.7 Å². The fourth-order valence-corrected chi connectivity index (χ4v) is 2.97. The first kappa shape index (κ1) is 13.3. The average Bonchev–Trinajstić information content (AvgIpc) is 2.89. The molecule has 2 nitrogen and oxygen atoms in total. The minimum Gasteiger partial charge on any atom is -0.496 e. The van der Waals surface area contributed by atoms with Crippen LogP contribution < -0.4 is 10.1 Å². The molecule has 1 aliphatic rings. The SMILES string of the molecule is COc1ccc(F)cc1C1Cc2c(Cl)ccc(C)c2N1. The zero-order valence-corrected chi connectivity index (χ0v) is 12.1. The molecule has 1 unspecified atom stereocenters. The highest BCUT2D eigenvalue weighted by Gasteiger charge is 2.27. The lowest BCUT2D eigenvalue weighted by Crippen LogP contribution is -2.08. The first-order valence-electron chi connectivity index (χ1n) is 6.48. The number of hydrogen-bond donors (Lipinski definition) is 1. The number of anilines is 1. The maximum absolute atomic E-state index is 13.5. The van der Waals surface area contributed by atoms with Crippen molar-refractivity contribution in [3.63, 3.8) is 0 Å². The highest BCUT2D eigenvalue weighted by atomic mass is 35.5. The maximum Gasteiger partial charge on any atom is 0.124 e. The van der Waals surface area contributed by atoms with Crippen LogP contribution >= 0.6 is 11.6 Å². The molecule has 20 heavy (non-hydrogen) atoms. The molecule has 1 atom stereocenters. The van der Waals surface area contributed by atoms with E-state index in [1.165, 1.54) is 12.1 Å². The Hall–Kier alpha value is -1.74. The molecule has 0 saturated heterocycles. The number of nitrogens with one attached hydrogen (secondary N) is 1. The van der Waals surface area contributed by atoms with Crippen molar-refractivity contribution in [2.45, 2.75) is 19.4 Å². The summed E-state index contributed by atoms with van der Waals surface area (Å²) in [5.74, 6) is 0.423. The van der Waals surface area contributed by atoms with Crippen LogP contribution in [0.3, 0.4) is 0 Å². The second-order valence-electron chi connectivity index (χ2n) is 5.01. The van der Waals surface area contributed by atoms with E-state index >= 15 is 0 Å². The minimum atomic E-state index is -0.263. The van der Waals surface area contributed by atoms with E-state index in [0.29, 0.717) is 5.75 Å². The molecule has 3 rings (SSSR count). The largest absolute Gasteiger partial charge is 0.496 e. The van der Waals surface area contributed by atoms with Crippen LogP contribution in [0.25, 0.3) is 0 Å². The summed E-state index contributed by atoms with van der Waals surface area (Å²) < 4.78 is 18.8. The molecular weight excluding hydrogens is 277 g/mol. The molecular formula is C16H15ClFNO. The molecule has 0 fully saturated rings. The third-order valence-corrected chi connectivity index (χ3v) is 4.11. The molecule has 0 aromatic heterocycles. The van der Waals surface area contributed by atoms with Gasteiger partial charge in [-0.15, -0.1) is 0 Å². The average molecular weight is 292 g/mol. The summed E-state index contributed by atoms with van der Waals surface area (Å²) in [6, 6.07) is 8.45. The minimum absolute atomic E-state index is 0.0192. The van der Waals surface area contributed by atoms with Crippen LogP contribution in [0.4, 0.5) is 10.1 Å². The summed E-state index contributed by atoms with van der Waals surface area (Å²) in [7, 11) is 1.59. The first-order valence-corrected chi connectivity index (χ1v) is 6.86. The number of methoxy groups -OCH3 is 1. The highest BCUT2D eigenvalue weighted by molar-refractivity contribution is 6.31. The van der Waals surface area contributed by atoms with Gasteiger partial charge in [0.25, 0.3) is 0 Å². The van der Waals surface area contributed by atoms with Crippen LogP contribution in [0.5, 0.6) is 5.75 Å². The molecule has 0 radical (unpaired) electrons. The molecule has 0 amide bonds. The first-order chi connectivity index (χ1) is 9.60. The van der Waals surface area contributed by atoms with E-state index in [9.17, 15) is 4.39 Å². The lowest BCUT2D eigenvalue weighted by atomic mass is 10.0. The van der Waals surface area contributed by atoms with Crippen molar-refractivity contribution in [2.24, 2.45) is 0 Å². The van der Waals surface area contributed by atoms with Crippen molar-refractivity contribution in [3.05, 3.63) is 57.9 Å². The van der Waals surface area contributed by atoms with Gasteiger partial charge in [0.2, 0.25) is 0 Å². The zero-order chi connectivity index (χ0) is 14.3. The van der Waals surface area contributed by atoms with Crippen molar-refractivity contribution in [2.75, 3.05) is 12.4 Å². The summed E-state index contributed by atoms with van der Waals surface area (Å²) in [4.78, 5) is 0. The van der Waals surface area contributed by atoms with Crippen LogP contribution in [0.15, 0.2) is 30.3 Å². The van der Waals surface area contributed by atoms with E-state index in [1.54, 1.807) is 13.2 Å². The summed E-state index contributed by atoms with van der Waals surface area (Å²) in [6.07, 6.45) is 0.732. The maximum atomic E-state index is 13.5. The van der Waals surface area contributed by atoms with Crippen LogP contribution in [-0.2, 0) is 6.42 Å². The third-order valence-electron chi connectivity index (χ3n) is 3.76. The van der Waals surface area contributed by atoms with E-state index in [4.69, 9.17) is 16.3 Å². The van der Waals surface area contributed by atoms with Gasteiger partial charge < -0.3 is 10.1 Å². The molecule has 1 aliphatic heterocycles. The summed E-state index contributed by atoms with van der Waals surface area (Å²) >= 11 is 6.25. The Morgan fingerprint density at radius 2 is 2.10 bits per heavy atom. The van der Waals surface area contributed by atoms with Gasteiger partial charge in [0.15, 0.2) is 0 Å². The van der Waals surface area contributed by atoms with Gasteiger partial charge in [-0.05, 0) is 42.3 Å². The van der Waals surface area contributed by atoms with Gasteiger partial charge >= 0.3 is 0 Å². The molecule has 104 valence electrons. The molecule has 2 aromatic rings. The number of ether oxygens (including phenoxy) is 1. The smallest absolute Gasteiger partial charge is 0.124 e. The number of hydrogen-bond acceptors (Lipinski definition) is 2. The van der Waals surface area contributed by atoms with Crippen LogP contribution in [0.1, 0.15) is 22.7 Å². The number of fused-ring (bicyclic) bond motifs is 1. The Kier molecular flexibility index (Phi) is 3.30.